The summed E-state index contributed by atoms with van der Waals surface area (Å²) in [6.07, 6.45) is 1.60. The zero-order chi connectivity index (χ0) is 14.8. The fraction of sp³-hybridized carbons (Fsp3) is 0. The van der Waals surface area contributed by atoms with E-state index >= 15 is 0 Å². The highest BCUT2D eigenvalue weighted by Gasteiger charge is 2.08. The molecular formula is C13H8BrIN4OS. The molecule has 3 rings (SSSR count). The molecule has 0 bridgehead atoms. The van der Waals surface area contributed by atoms with Crippen molar-refractivity contribution in [3.05, 3.63) is 55.2 Å². The maximum Gasteiger partial charge on any atom is 0.216 e. The molecule has 1 N–H and O–H groups in total. The number of H-pyrrole nitrogens is 1. The van der Waals surface area contributed by atoms with Gasteiger partial charge in [-0.2, -0.15) is 14.9 Å². The van der Waals surface area contributed by atoms with E-state index in [0.717, 1.165) is 13.8 Å². The van der Waals surface area contributed by atoms with Crippen LogP contribution in [0.2, 0.25) is 0 Å². The molecule has 5 nitrogen and oxygen atoms in total. The van der Waals surface area contributed by atoms with Crippen LogP contribution in [0.3, 0.4) is 0 Å². The van der Waals surface area contributed by atoms with Gasteiger partial charge in [-0.25, -0.2) is 5.10 Å². The van der Waals surface area contributed by atoms with Crippen LogP contribution in [-0.2, 0) is 0 Å². The molecule has 2 heterocycles. The Labute approximate surface area is 147 Å². The Kier molecular flexibility index (Phi) is 4.36. The number of halogens is 2. The molecule has 0 atom stereocenters. The van der Waals surface area contributed by atoms with Gasteiger partial charge in [0.1, 0.15) is 5.76 Å². The third-order valence-electron chi connectivity index (χ3n) is 2.65. The highest BCUT2D eigenvalue weighted by Crippen LogP contribution is 2.22. The average molecular weight is 475 g/mol. The van der Waals surface area contributed by atoms with E-state index in [0.29, 0.717) is 16.4 Å². The van der Waals surface area contributed by atoms with Crippen LogP contribution in [0.1, 0.15) is 5.76 Å². The smallest absolute Gasteiger partial charge is 0.216 e. The van der Waals surface area contributed by atoms with Gasteiger partial charge in [-0.1, -0.05) is 30.3 Å². The second-order valence-corrected chi connectivity index (χ2v) is 6.27. The number of furan rings is 1. The first-order valence-electron chi connectivity index (χ1n) is 5.87. The highest BCUT2D eigenvalue weighted by molar-refractivity contribution is 14.1. The topological polar surface area (TPSA) is 59.1 Å². The predicted octanol–water partition coefficient (Wildman–Crippen LogP) is 4.45. The van der Waals surface area contributed by atoms with Crippen molar-refractivity contribution in [2.45, 2.75) is 0 Å². The summed E-state index contributed by atoms with van der Waals surface area (Å²) >= 11 is 10.7. The fourth-order valence-corrected chi connectivity index (χ4v) is 2.61. The molecule has 0 aliphatic heterocycles. The minimum absolute atomic E-state index is 0.422. The van der Waals surface area contributed by atoms with Crippen molar-refractivity contribution in [1.29, 1.82) is 0 Å². The van der Waals surface area contributed by atoms with Crippen LogP contribution in [0.15, 0.2) is 50.4 Å². The Hall–Kier alpha value is -1.26. The summed E-state index contributed by atoms with van der Waals surface area (Å²) in [6.45, 7) is 0. The van der Waals surface area contributed by atoms with Gasteiger partial charge in [-0.3, -0.25) is 0 Å². The molecule has 0 amide bonds. The van der Waals surface area contributed by atoms with Gasteiger partial charge < -0.3 is 4.42 Å². The normalized spacial score (nSPS) is 11.3. The number of benzene rings is 1. The van der Waals surface area contributed by atoms with Gasteiger partial charge in [0.05, 0.1) is 10.7 Å². The lowest BCUT2D eigenvalue weighted by molar-refractivity contribution is 0.529. The molecule has 3 aromatic rings. The zero-order valence-corrected chi connectivity index (χ0v) is 15.0. The molecule has 8 heteroatoms. The van der Waals surface area contributed by atoms with Crippen molar-refractivity contribution in [3.8, 4) is 11.4 Å². The highest BCUT2D eigenvalue weighted by atomic mass is 127. The zero-order valence-electron chi connectivity index (χ0n) is 10.5. The first kappa shape index (κ1) is 14.7. The third-order valence-corrected chi connectivity index (χ3v) is 5.04. The molecule has 0 fully saturated rings. The Morgan fingerprint density at radius 1 is 1.38 bits per heavy atom. The van der Waals surface area contributed by atoms with E-state index in [1.165, 1.54) is 0 Å². The SMILES string of the molecule is S=c1[nH]nc(-c2ccccc2)n1/N=C\c1cc(Br)c(I)o1. The maximum absolute atomic E-state index is 5.51. The largest absolute Gasteiger partial charge is 0.448 e. The lowest BCUT2D eigenvalue weighted by atomic mass is 10.2. The van der Waals surface area contributed by atoms with E-state index in [-0.39, 0.29) is 0 Å². The Morgan fingerprint density at radius 2 is 2.14 bits per heavy atom. The summed E-state index contributed by atoms with van der Waals surface area (Å²) in [5, 5.41) is 11.3. The molecule has 21 heavy (non-hydrogen) atoms. The summed E-state index contributed by atoms with van der Waals surface area (Å²) in [6, 6.07) is 11.6. The lowest BCUT2D eigenvalue weighted by Crippen LogP contribution is -1.94. The van der Waals surface area contributed by atoms with E-state index in [4.69, 9.17) is 16.6 Å². The van der Waals surface area contributed by atoms with E-state index in [2.05, 4.69) is 53.8 Å². The molecule has 0 unspecified atom stereocenters. The number of aromatic nitrogens is 3. The van der Waals surface area contributed by atoms with Crippen molar-refractivity contribution < 1.29 is 4.42 Å². The van der Waals surface area contributed by atoms with Gasteiger partial charge in [0.25, 0.3) is 0 Å². The minimum atomic E-state index is 0.422. The first-order chi connectivity index (χ1) is 10.1. The summed E-state index contributed by atoms with van der Waals surface area (Å²) < 4.78 is 9.16. The van der Waals surface area contributed by atoms with Crippen molar-refractivity contribution in [2.75, 3.05) is 0 Å². The van der Waals surface area contributed by atoms with Crippen LogP contribution in [0.4, 0.5) is 0 Å². The summed E-state index contributed by atoms with van der Waals surface area (Å²) in [4.78, 5) is 0. The molecule has 0 aliphatic rings. The standard InChI is InChI=1S/C13H8BrIN4OS/c14-10-6-9(20-11(10)15)7-16-19-12(17-18-13(19)21)8-4-2-1-3-5-8/h1-7H,(H,18,21)/b16-7-. The maximum atomic E-state index is 5.51. The third kappa shape index (κ3) is 3.16. The van der Waals surface area contributed by atoms with Crippen molar-refractivity contribution in [3.63, 3.8) is 0 Å². The number of hydrogen-bond acceptors (Lipinski definition) is 4. The Balaban J connectivity index is 2.00. The molecule has 0 saturated heterocycles. The van der Waals surface area contributed by atoms with Crippen molar-refractivity contribution in [2.24, 2.45) is 5.10 Å². The second kappa shape index (κ2) is 6.24. The van der Waals surface area contributed by atoms with E-state index in [1.807, 2.05) is 36.4 Å². The van der Waals surface area contributed by atoms with Gasteiger partial charge in [0.2, 0.25) is 4.77 Å². The number of hydrogen-bond donors (Lipinski definition) is 1. The monoisotopic (exact) mass is 474 g/mol. The van der Waals surface area contributed by atoms with Crippen LogP contribution in [-0.4, -0.2) is 21.1 Å². The molecule has 2 aromatic heterocycles. The summed E-state index contributed by atoms with van der Waals surface area (Å²) in [7, 11) is 0. The van der Waals surface area contributed by atoms with Crippen molar-refractivity contribution >= 4 is 57.0 Å². The predicted molar refractivity (Wildman–Crippen MR) is 95.0 cm³/mol. The molecule has 1 aromatic carbocycles. The van der Waals surface area contributed by atoms with Crippen LogP contribution in [0.25, 0.3) is 11.4 Å². The minimum Gasteiger partial charge on any atom is -0.448 e. The Bertz CT molecular complexity index is 833. The van der Waals surface area contributed by atoms with Gasteiger partial charge in [-0.15, -0.1) is 0 Å². The van der Waals surface area contributed by atoms with Gasteiger partial charge in [0, 0.05) is 34.2 Å². The first-order valence-corrected chi connectivity index (χ1v) is 8.15. The van der Waals surface area contributed by atoms with E-state index in [9.17, 15) is 0 Å². The quantitative estimate of drug-likeness (QED) is 0.346. The number of aromatic amines is 1. The Morgan fingerprint density at radius 3 is 2.81 bits per heavy atom. The molecule has 0 aliphatic carbocycles. The van der Waals surface area contributed by atoms with Crippen molar-refractivity contribution in [1.82, 2.24) is 14.9 Å². The lowest BCUT2D eigenvalue weighted by Gasteiger charge is -1.99. The molecule has 0 spiro atoms. The summed E-state index contributed by atoms with van der Waals surface area (Å²) in [5.74, 6) is 1.28. The molecule has 106 valence electrons. The fourth-order valence-electron chi connectivity index (χ4n) is 1.71. The number of nitrogens with one attached hydrogen (secondary N) is 1. The van der Waals surface area contributed by atoms with Gasteiger partial charge in [-0.05, 0) is 28.1 Å². The number of rotatable bonds is 3. The summed E-state index contributed by atoms with van der Waals surface area (Å²) in [5.41, 5.74) is 0.928. The average Bonchev–Trinajstić information content (AvgIpc) is 3.01. The van der Waals surface area contributed by atoms with Crippen LogP contribution >= 0.6 is 50.7 Å². The van der Waals surface area contributed by atoms with Crippen LogP contribution in [0, 0.1) is 8.54 Å². The second-order valence-electron chi connectivity index (χ2n) is 4.05. The van der Waals surface area contributed by atoms with Gasteiger partial charge in [0.15, 0.2) is 9.59 Å². The van der Waals surface area contributed by atoms with E-state index in [1.54, 1.807) is 10.9 Å². The molecular weight excluding hydrogens is 467 g/mol. The van der Waals surface area contributed by atoms with Gasteiger partial charge >= 0.3 is 0 Å². The van der Waals surface area contributed by atoms with Crippen LogP contribution in [0.5, 0.6) is 0 Å². The molecule has 0 saturated carbocycles. The van der Waals surface area contributed by atoms with E-state index < -0.39 is 0 Å². The molecule has 0 radical (unpaired) electrons. The number of nitrogens with zero attached hydrogens (tertiary/aromatic N) is 3. The van der Waals surface area contributed by atoms with Crippen LogP contribution < -0.4 is 0 Å².